The van der Waals surface area contributed by atoms with Gasteiger partial charge in [0.1, 0.15) is 0 Å². The second kappa shape index (κ2) is 5.86. The maximum absolute atomic E-state index is 12.5. The third-order valence-corrected chi connectivity index (χ3v) is 3.47. The first-order valence-electron chi connectivity index (χ1n) is 6.93. The van der Waals surface area contributed by atoms with Crippen LogP contribution in [0.4, 0.5) is 13.2 Å². The Morgan fingerprint density at radius 3 is 2.57 bits per heavy atom. The SMILES string of the molecule is Cc1c(-c2noc(C(F)(F)F)n2)cnn1CCc1ccccc1. The van der Waals surface area contributed by atoms with E-state index in [1.165, 1.54) is 6.20 Å². The Bertz CT molecular complexity index is 793. The Kier molecular flexibility index (Phi) is 3.89. The van der Waals surface area contributed by atoms with E-state index in [0.717, 1.165) is 12.0 Å². The second-order valence-corrected chi connectivity index (χ2v) is 5.02. The lowest BCUT2D eigenvalue weighted by molar-refractivity contribution is -0.159. The Labute approximate surface area is 129 Å². The normalized spacial score (nSPS) is 11.8. The number of aromatic nitrogens is 4. The van der Waals surface area contributed by atoms with Crippen molar-refractivity contribution in [1.82, 2.24) is 19.9 Å². The van der Waals surface area contributed by atoms with E-state index in [4.69, 9.17) is 0 Å². The zero-order chi connectivity index (χ0) is 16.4. The summed E-state index contributed by atoms with van der Waals surface area (Å²) in [4.78, 5) is 3.39. The van der Waals surface area contributed by atoms with Gasteiger partial charge in [0, 0.05) is 12.2 Å². The molecule has 0 radical (unpaired) electrons. The molecule has 120 valence electrons. The van der Waals surface area contributed by atoms with Gasteiger partial charge in [0.15, 0.2) is 0 Å². The average molecular weight is 322 g/mol. The van der Waals surface area contributed by atoms with Crippen molar-refractivity contribution in [3.63, 3.8) is 0 Å². The lowest BCUT2D eigenvalue weighted by Crippen LogP contribution is -2.05. The molecule has 1 aromatic carbocycles. The maximum atomic E-state index is 12.5. The first-order chi connectivity index (χ1) is 10.9. The van der Waals surface area contributed by atoms with Crippen LogP contribution in [0.15, 0.2) is 41.1 Å². The summed E-state index contributed by atoms with van der Waals surface area (Å²) in [6.07, 6.45) is -2.43. The van der Waals surface area contributed by atoms with Crippen LogP contribution in [0.25, 0.3) is 11.4 Å². The van der Waals surface area contributed by atoms with Gasteiger partial charge in [0.05, 0.1) is 11.8 Å². The Morgan fingerprint density at radius 1 is 1.17 bits per heavy atom. The molecule has 3 rings (SSSR count). The number of aryl methyl sites for hydroxylation is 2. The summed E-state index contributed by atoms with van der Waals surface area (Å²) in [6.45, 7) is 2.37. The fourth-order valence-corrected chi connectivity index (χ4v) is 2.22. The summed E-state index contributed by atoms with van der Waals surface area (Å²) in [5, 5.41) is 7.58. The number of alkyl halides is 3. The third-order valence-electron chi connectivity index (χ3n) is 3.47. The molecule has 3 aromatic rings. The zero-order valence-corrected chi connectivity index (χ0v) is 12.2. The van der Waals surface area contributed by atoms with Gasteiger partial charge in [-0.1, -0.05) is 35.5 Å². The molecule has 0 bridgehead atoms. The first-order valence-corrected chi connectivity index (χ1v) is 6.93. The van der Waals surface area contributed by atoms with Crippen LogP contribution in [-0.2, 0) is 19.1 Å². The molecule has 0 N–H and O–H groups in total. The molecule has 0 aliphatic carbocycles. The van der Waals surface area contributed by atoms with Crippen LogP contribution in [-0.4, -0.2) is 19.9 Å². The monoisotopic (exact) mass is 322 g/mol. The highest BCUT2D eigenvalue weighted by Gasteiger charge is 2.38. The molecule has 0 fully saturated rings. The van der Waals surface area contributed by atoms with Crippen molar-refractivity contribution in [2.24, 2.45) is 0 Å². The molecule has 0 spiro atoms. The molecule has 0 aliphatic rings. The van der Waals surface area contributed by atoms with E-state index in [1.54, 1.807) is 11.6 Å². The molecular formula is C15H13F3N4O. The van der Waals surface area contributed by atoms with Gasteiger partial charge in [0.25, 0.3) is 0 Å². The molecule has 23 heavy (non-hydrogen) atoms. The summed E-state index contributed by atoms with van der Waals surface area (Å²) < 4.78 is 43.5. The van der Waals surface area contributed by atoms with Gasteiger partial charge in [-0.05, 0) is 18.9 Å². The van der Waals surface area contributed by atoms with Gasteiger partial charge in [-0.15, -0.1) is 0 Å². The standard InChI is InChI=1S/C15H13F3N4O/c1-10-12(13-20-14(23-21-13)15(16,17)18)9-19-22(10)8-7-11-5-3-2-4-6-11/h2-6,9H,7-8H2,1H3. The average Bonchev–Trinajstić information content (AvgIpc) is 3.13. The Morgan fingerprint density at radius 2 is 1.91 bits per heavy atom. The molecule has 0 atom stereocenters. The minimum absolute atomic E-state index is 0.110. The minimum atomic E-state index is -4.65. The Hall–Kier alpha value is -2.64. The highest BCUT2D eigenvalue weighted by Crippen LogP contribution is 2.30. The predicted octanol–water partition coefficient (Wildman–Crippen LogP) is 3.50. The fraction of sp³-hybridized carbons (Fsp3) is 0.267. The number of halogens is 3. The van der Waals surface area contributed by atoms with Gasteiger partial charge in [-0.3, -0.25) is 4.68 Å². The van der Waals surface area contributed by atoms with Crippen molar-refractivity contribution in [2.75, 3.05) is 0 Å². The lowest BCUT2D eigenvalue weighted by atomic mass is 10.1. The van der Waals surface area contributed by atoms with Gasteiger partial charge < -0.3 is 4.52 Å². The quantitative estimate of drug-likeness (QED) is 0.737. The molecule has 0 amide bonds. The predicted molar refractivity (Wildman–Crippen MR) is 75.4 cm³/mol. The largest absolute Gasteiger partial charge is 0.471 e. The van der Waals surface area contributed by atoms with Crippen molar-refractivity contribution in [3.05, 3.63) is 53.7 Å². The van der Waals surface area contributed by atoms with Crippen molar-refractivity contribution < 1.29 is 17.7 Å². The third kappa shape index (κ3) is 3.25. The molecule has 0 unspecified atom stereocenters. The van der Waals surface area contributed by atoms with E-state index in [-0.39, 0.29) is 5.82 Å². The van der Waals surface area contributed by atoms with Gasteiger partial charge >= 0.3 is 12.1 Å². The maximum Gasteiger partial charge on any atom is 0.471 e. The molecule has 0 saturated carbocycles. The molecule has 0 aliphatic heterocycles. The number of benzene rings is 1. The fourth-order valence-electron chi connectivity index (χ4n) is 2.22. The van der Waals surface area contributed by atoms with E-state index in [1.807, 2.05) is 30.3 Å². The van der Waals surface area contributed by atoms with Crippen molar-refractivity contribution in [1.29, 1.82) is 0 Å². The van der Waals surface area contributed by atoms with E-state index in [2.05, 4.69) is 19.8 Å². The number of rotatable bonds is 4. The summed E-state index contributed by atoms with van der Waals surface area (Å²) in [7, 11) is 0. The van der Waals surface area contributed by atoms with Crippen molar-refractivity contribution in [3.8, 4) is 11.4 Å². The summed E-state index contributed by atoms with van der Waals surface area (Å²) in [6, 6.07) is 9.86. The van der Waals surface area contributed by atoms with Crippen molar-refractivity contribution >= 4 is 0 Å². The van der Waals surface area contributed by atoms with E-state index in [9.17, 15) is 13.2 Å². The molecular weight excluding hydrogens is 309 g/mol. The van der Waals surface area contributed by atoms with Gasteiger partial charge in [-0.2, -0.15) is 23.3 Å². The summed E-state index contributed by atoms with van der Waals surface area (Å²) in [5.74, 6) is -1.47. The molecule has 2 aromatic heterocycles. The lowest BCUT2D eigenvalue weighted by Gasteiger charge is -2.05. The summed E-state index contributed by atoms with van der Waals surface area (Å²) in [5.41, 5.74) is 2.27. The minimum Gasteiger partial charge on any atom is -0.329 e. The molecule has 2 heterocycles. The van der Waals surface area contributed by atoms with Crippen molar-refractivity contribution in [2.45, 2.75) is 26.1 Å². The van der Waals surface area contributed by atoms with Gasteiger partial charge in [-0.25, -0.2) is 0 Å². The topological polar surface area (TPSA) is 56.7 Å². The van der Waals surface area contributed by atoms with Crippen LogP contribution in [0.3, 0.4) is 0 Å². The highest BCUT2D eigenvalue weighted by atomic mass is 19.4. The van der Waals surface area contributed by atoms with E-state index < -0.39 is 12.1 Å². The van der Waals surface area contributed by atoms with Crippen LogP contribution in [0.2, 0.25) is 0 Å². The first kappa shape index (κ1) is 15.3. The van der Waals surface area contributed by atoms with E-state index in [0.29, 0.717) is 17.8 Å². The molecule has 0 saturated heterocycles. The molecule has 8 heteroatoms. The van der Waals surface area contributed by atoms with Crippen LogP contribution < -0.4 is 0 Å². The number of hydrogen-bond acceptors (Lipinski definition) is 4. The van der Waals surface area contributed by atoms with Crippen LogP contribution in [0.1, 0.15) is 17.1 Å². The second-order valence-electron chi connectivity index (χ2n) is 5.02. The smallest absolute Gasteiger partial charge is 0.329 e. The van der Waals surface area contributed by atoms with Gasteiger partial charge in [0.2, 0.25) is 5.82 Å². The van der Waals surface area contributed by atoms with Crippen LogP contribution >= 0.6 is 0 Å². The number of hydrogen-bond donors (Lipinski definition) is 0. The Balaban J connectivity index is 1.78. The highest BCUT2D eigenvalue weighted by molar-refractivity contribution is 5.56. The number of nitrogens with zero attached hydrogens (tertiary/aromatic N) is 4. The summed E-state index contributed by atoms with van der Waals surface area (Å²) >= 11 is 0. The van der Waals surface area contributed by atoms with Crippen LogP contribution in [0, 0.1) is 6.92 Å². The van der Waals surface area contributed by atoms with Crippen LogP contribution in [0.5, 0.6) is 0 Å². The molecule has 5 nitrogen and oxygen atoms in total. The van der Waals surface area contributed by atoms with E-state index >= 15 is 0 Å². The zero-order valence-electron chi connectivity index (χ0n) is 12.2.